The second-order valence-electron chi connectivity index (χ2n) is 9.54. The molecule has 1 atom stereocenters. The molecule has 4 aromatic heterocycles. The molecule has 5 aromatic rings. The van der Waals surface area contributed by atoms with Crippen LogP contribution in [0, 0.1) is 0 Å². The van der Waals surface area contributed by atoms with Crippen molar-refractivity contribution in [1.29, 1.82) is 0 Å². The summed E-state index contributed by atoms with van der Waals surface area (Å²) >= 11 is 0. The Kier molecular flexibility index (Phi) is 5.80. The lowest BCUT2D eigenvalue weighted by Crippen LogP contribution is -2.47. The molecule has 188 valence electrons. The molecule has 0 aliphatic carbocycles. The molecule has 0 unspecified atom stereocenters. The smallest absolute Gasteiger partial charge is 0.225 e. The standard InChI is InChI=1S/C27H30N10/c1-3-36-17-21(14-32-36)20-13-24-25(31-19-33-37(24)18-20)34-9-11-35(12-10-34)26-29-15-23(16-30-26)27(2,28)22-7-5-4-6-8-22/h4-8,13-19H,3,9-12,28H2,1-2H3/t27-/m0/s1. The van der Waals surface area contributed by atoms with Crippen LogP contribution >= 0.6 is 0 Å². The summed E-state index contributed by atoms with van der Waals surface area (Å²) in [6.07, 6.45) is 11.3. The van der Waals surface area contributed by atoms with Gasteiger partial charge in [0.05, 0.1) is 11.7 Å². The van der Waals surface area contributed by atoms with E-state index in [-0.39, 0.29) is 0 Å². The zero-order chi connectivity index (χ0) is 25.4. The molecule has 6 rings (SSSR count). The normalized spacial score (nSPS) is 15.8. The van der Waals surface area contributed by atoms with E-state index in [4.69, 9.17) is 5.73 Å². The molecular weight excluding hydrogens is 464 g/mol. The molecule has 37 heavy (non-hydrogen) atoms. The van der Waals surface area contributed by atoms with Crippen molar-refractivity contribution in [1.82, 2.24) is 34.3 Å². The van der Waals surface area contributed by atoms with Gasteiger partial charge in [-0.2, -0.15) is 10.2 Å². The second kappa shape index (κ2) is 9.29. The fraction of sp³-hybridized carbons (Fsp3) is 0.296. The lowest BCUT2D eigenvalue weighted by molar-refractivity contribution is 0.592. The number of hydrogen-bond acceptors (Lipinski definition) is 8. The van der Waals surface area contributed by atoms with Crippen LogP contribution in [0.3, 0.4) is 0 Å². The van der Waals surface area contributed by atoms with E-state index in [1.165, 1.54) is 0 Å². The molecule has 0 spiro atoms. The van der Waals surface area contributed by atoms with Crippen LogP contribution in [0.25, 0.3) is 16.6 Å². The van der Waals surface area contributed by atoms with Crippen LogP contribution in [0.4, 0.5) is 11.8 Å². The maximum Gasteiger partial charge on any atom is 0.225 e. The van der Waals surface area contributed by atoms with Crippen molar-refractivity contribution in [3.8, 4) is 11.1 Å². The molecule has 2 N–H and O–H groups in total. The van der Waals surface area contributed by atoms with Gasteiger partial charge in [0.1, 0.15) is 11.8 Å². The maximum absolute atomic E-state index is 6.64. The average molecular weight is 495 g/mol. The van der Waals surface area contributed by atoms with Crippen LogP contribution < -0.4 is 15.5 Å². The van der Waals surface area contributed by atoms with Gasteiger partial charge in [0.15, 0.2) is 5.82 Å². The number of aromatic nitrogens is 7. The van der Waals surface area contributed by atoms with Crippen LogP contribution in [0.1, 0.15) is 25.0 Å². The van der Waals surface area contributed by atoms with Crippen LogP contribution in [-0.4, -0.2) is 60.5 Å². The number of rotatable bonds is 6. The first-order valence-electron chi connectivity index (χ1n) is 12.6. The van der Waals surface area contributed by atoms with Crippen molar-refractivity contribution < 1.29 is 0 Å². The molecule has 1 aromatic carbocycles. The highest BCUT2D eigenvalue weighted by atomic mass is 15.4. The Hall–Kier alpha value is -4.31. The molecule has 0 amide bonds. The molecular formula is C27H30N10. The fourth-order valence-corrected chi connectivity index (χ4v) is 4.83. The van der Waals surface area contributed by atoms with E-state index < -0.39 is 5.54 Å². The van der Waals surface area contributed by atoms with E-state index in [2.05, 4.69) is 54.1 Å². The first kappa shape index (κ1) is 23.1. The topological polar surface area (TPSA) is 106 Å². The Morgan fingerprint density at radius 1 is 0.838 bits per heavy atom. The van der Waals surface area contributed by atoms with Gasteiger partial charge in [-0.05, 0) is 25.5 Å². The average Bonchev–Trinajstić information content (AvgIpc) is 3.61. The quantitative estimate of drug-likeness (QED) is 0.384. The number of anilines is 2. The minimum absolute atomic E-state index is 0.651. The summed E-state index contributed by atoms with van der Waals surface area (Å²) in [6.45, 7) is 8.12. The van der Waals surface area contributed by atoms with E-state index >= 15 is 0 Å². The second-order valence-corrected chi connectivity index (χ2v) is 9.54. The van der Waals surface area contributed by atoms with Crippen molar-refractivity contribution in [2.24, 2.45) is 5.73 Å². The number of nitrogens with zero attached hydrogens (tertiary/aromatic N) is 9. The monoisotopic (exact) mass is 494 g/mol. The fourth-order valence-electron chi connectivity index (χ4n) is 4.83. The molecule has 0 saturated carbocycles. The molecule has 0 bridgehead atoms. The lowest BCUT2D eigenvalue weighted by atomic mass is 9.87. The van der Waals surface area contributed by atoms with Gasteiger partial charge >= 0.3 is 0 Å². The van der Waals surface area contributed by atoms with Crippen LogP contribution in [-0.2, 0) is 12.1 Å². The number of hydrogen-bond donors (Lipinski definition) is 1. The SMILES string of the molecule is CCn1cc(-c2cc3c(N4CCN(c5ncc([C@@](C)(N)c6ccccc6)cn5)CC4)ncnn3c2)cn1. The Morgan fingerprint density at radius 3 is 2.27 bits per heavy atom. The lowest BCUT2D eigenvalue weighted by Gasteiger charge is -2.35. The van der Waals surface area contributed by atoms with Gasteiger partial charge < -0.3 is 15.5 Å². The summed E-state index contributed by atoms with van der Waals surface area (Å²) in [7, 11) is 0. The minimum Gasteiger partial charge on any atom is -0.351 e. The number of aryl methyl sites for hydroxylation is 1. The van der Waals surface area contributed by atoms with E-state index in [1.807, 2.05) is 71.2 Å². The number of nitrogens with two attached hydrogens (primary N) is 1. The minimum atomic E-state index is -0.651. The highest BCUT2D eigenvalue weighted by Crippen LogP contribution is 2.28. The third kappa shape index (κ3) is 4.29. The zero-order valence-corrected chi connectivity index (χ0v) is 21.1. The Bertz CT molecular complexity index is 1500. The van der Waals surface area contributed by atoms with Gasteiger partial charge in [-0.25, -0.2) is 19.5 Å². The summed E-state index contributed by atoms with van der Waals surface area (Å²) < 4.78 is 3.82. The molecule has 1 aliphatic heterocycles. The van der Waals surface area contributed by atoms with Gasteiger partial charge in [-0.1, -0.05) is 30.3 Å². The first-order chi connectivity index (χ1) is 18.0. The van der Waals surface area contributed by atoms with E-state index in [0.717, 1.165) is 72.3 Å². The van der Waals surface area contributed by atoms with Crippen LogP contribution in [0.5, 0.6) is 0 Å². The predicted molar refractivity (Wildman–Crippen MR) is 143 cm³/mol. The third-order valence-corrected chi connectivity index (χ3v) is 7.15. The highest BCUT2D eigenvalue weighted by molar-refractivity contribution is 5.77. The van der Waals surface area contributed by atoms with Gasteiger partial charge in [-0.3, -0.25) is 4.68 Å². The van der Waals surface area contributed by atoms with Crippen molar-refractivity contribution in [2.45, 2.75) is 25.9 Å². The Morgan fingerprint density at radius 2 is 1.57 bits per heavy atom. The molecule has 1 fully saturated rings. The summed E-state index contributed by atoms with van der Waals surface area (Å²) in [5.74, 6) is 1.65. The van der Waals surface area contributed by atoms with Crippen molar-refractivity contribution in [3.05, 3.63) is 84.8 Å². The molecule has 1 aliphatic rings. The summed E-state index contributed by atoms with van der Waals surface area (Å²) in [6, 6.07) is 12.2. The summed E-state index contributed by atoms with van der Waals surface area (Å²) in [4.78, 5) is 18.5. The number of benzene rings is 1. The number of piperazine rings is 1. The Labute approximate surface area is 215 Å². The first-order valence-corrected chi connectivity index (χ1v) is 12.6. The van der Waals surface area contributed by atoms with Crippen LogP contribution in [0.15, 0.2) is 73.7 Å². The zero-order valence-electron chi connectivity index (χ0n) is 21.1. The van der Waals surface area contributed by atoms with Gasteiger partial charge in [0.2, 0.25) is 5.95 Å². The van der Waals surface area contributed by atoms with E-state index in [0.29, 0.717) is 0 Å². The van der Waals surface area contributed by atoms with Crippen LogP contribution in [0.2, 0.25) is 0 Å². The van der Waals surface area contributed by atoms with Crippen molar-refractivity contribution in [3.63, 3.8) is 0 Å². The van der Waals surface area contributed by atoms with Crippen molar-refractivity contribution >= 4 is 17.3 Å². The van der Waals surface area contributed by atoms with E-state index in [1.54, 1.807) is 6.33 Å². The molecule has 1 saturated heterocycles. The van der Waals surface area contributed by atoms with Gasteiger partial charge in [0.25, 0.3) is 0 Å². The van der Waals surface area contributed by atoms with Gasteiger partial charge in [0, 0.05) is 74.2 Å². The number of fused-ring (bicyclic) bond motifs is 1. The molecule has 10 heteroatoms. The summed E-state index contributed by atoms with van der Waals surface area (Å²) in [5.41, 5.74) is 11.1. The summed E-state index contributed by atoms with van der Waals surface area (Å²) in [5, 5.41) is 8.83. The van der Waals surface area contributed by atoms with E-state index in [9.17, 15) is 0 Å². The van der Waals surface area contributed by atoms with Gasteiger partial charge in [-0.15, -0.1) is 0 Å². The predicted octanol–water partition coefficient (Wildman–Crippen LogP) is 2.95. The third-order valence-electron chi connectivity index (χ3n) is 7.15. The van der Waals surface area contributed by atoms with Crippen molar-refractivity contribution in [2.75, 3.05) is 36.0 Å². The molecule has 10 nitrogen and oxygen atoms in total. The molecule has 5 heterocycles. The Balaban J connectivity index is 1.17. The molecule has 0 radical (unpaired) electrons. The largest absolute Gasteiger partial charge is 0.351 e. The highest BCUT2D eigenvalue weighted by Gasteiger charge is 2.26. The maximum atomic E-state index is 6.64.